The molecule has 0 saturated carbocycles. The van der Waals surface area contributed by atoms with Crippen LogP contribution >= 0.6 is 0 Å². The highest BCUT2D eigenvalue weighted by Gasteiger charge is 2.13. The summed E-state index contributed by atoms with van der Waals surface area (Å²) in [5, 5.41) is 21.4. The van der Waals surface area contributed by atoms with Crippen LogP contribution in [0.4, 0.5) is 0 Å². The van der Waals surface area contributed by atoms with Crippen molar-refractivity contribution in [1.82, 2.24) is 0 Å². The van der Waals surface area contributed by atoms with E-state index in [-0.39, 0.29) is 11.5 Å². The molecule has 0 unspecified atom stereocenters. The van der Waals surface area contributed by atoms with Crippen LogP contribution in [0, 0.1) is 0 Å². The minimum Gasteiger partial charge on any atom is -0.504 e. The molecule has 0 fully saturated rings. The van der Waals surface area contributed by atoms with Gasteiger partial charge < -0.3 is 19.8 Å². The number of benzene rings is 1. The monoisotopic (exact) mass is 253 g/mol. The van der Waals surface area contributed by atoms with Crippen LogP contribution in [0.1, 0.15) is 31.7 Å². The molecular formula is C13H19NO4. The van der Waals surface area contributed by atoms with Gasteiger partial charge in [0.2, 0.25) is 5.75 Å². The molecule has 0 spiro atoms. The maximum atomic E-state index is 9.98. The number of ether oxygens (including phenoxy) is 2. The Hall–Kier alpha value is -1.91. The van der Waals surface area contributed by atoms with Gasteiger partial charge in [-0.05, 0) is 18.6 Å². The molecule has 0 saturated heterocycles. The molecule has 0 atom stereocenters. The third-order valence-electron chi connectivity index (χ3n) is 2.54. The van der Waals surface area contributed by atoms with Crippen LogP contribution in [-0.2, 0) is 0 Å². The molecule has 100 valence electrons. The van der Waals surface area contributed by atoms with Crippen molar-refractivity contribution >= 4 is 6.21 Å². The largest absolute Gasteiger partial charge is 0.504 e. The second-order valence-corrected chi connectivity index (χ2v) is 3.83. The molecule has 5 nitrogen and oxygen atoms in total. The molecule has 0 aliphatic carbocycles. The number of oxime groups is 1. The predicted octanol–water partition coefficient (Wildman–Crippen LogP) is 2.78. The third-order valence-corrected chi connectivity index (χ3v) is 2.54. The molecule has 0 radical (unpaired) electrons. The molecule has 5 heteroatoms. The van der Waals surface area contributed by atoms with Crippen molar-refractivity contribution in [3.05, 3.63) is 17.7 Å². The number of unbranched alkanes of at least 4 members (excludes halogenated alkanes) is 2. The zero-order chi connectivity index (χ0) is 13.4. The lowest BCUT2D eigenvalue weighted by Gasteiger charge is -2.13. The first kappa shape index (κ1) is 14.2. The van der Waals surface area contributed by atoms with Crippen LogP contribution in [0.2, 0.25) is 0 Å². The number of nitrogens with zero attached hydrogens (tertiary/aromatic N) is 1. The van der Waals surface area contributed by atoms with Crippen LogP contribution in [0.15, 0.2) is 17.3 Å². The Kier molecular flexibility index (Phi) is 5.84. The van der Waals surface area contributed by atoms with E-state index in [2.05, 4.69) is 12.1 Å². The summed E-state index contributed by atoms with van der Waals surface area (Å²) >= 11 is 0. The van der Waals surface area contributed by atoms with E-state index in [1.165, 1.54) is 7.11 Å². The van der Waals surface area contributed by atoms with Gasteiger partial charge in [-0.25, -0.2) is 0 Å². The molecule has 1 aromatic rings. The Balaban J connectivity index is 2.87. The van der Waals surface area contributed by atoms with Crippen molar-refractivity contribution in [3.63, 3.8) is 0 Å². The van der Waals surface area contributed by atoms with Gasteiger partial charge in [0.25, 0.3) is 0 Å². The van der Waals surface area contributed by atoms with Crippen LogP contribution in [0.5, 0.6) is 17.2 Å². The van der Waals surface area contributed by atoms with Crippen molar-refractivity contribution in [2.75, 3.05) is 13.7 Å². The maximum absolute atomic E-state index is 9.98. The van der Waals surface area contributed by atoms with Gasteiger partial charge in [-0.2, -0.15) is 0 Å². The Labute approximate surface area is 107 Å². The lowest BCUT2D eigenvalue weighted by molar-refractivity contribution is 0.271. The Bertz CT molecular complexity index is 404. The van der Waals surface area contributed by atoms with Gasteiger partial charge in [0.1, 0.15) is 0 Å². The molecule has 0 bridgehead atoms. The van der Waals surface area contributed by atoms with Crippen molar-refractivity contribution < 1.29 is 19.8 Å². The summed E-state index contributed by atoms with van der Waals surface area (Å²) in [6, 6.07) is 3.25. The van der Waals surface area contributed by atoms with Gasteiger partial charge in [-0.3, -0.25) is 0 Å². The summed E-state index contributed by atoms with van der Waals surface area (Å²) in [6.07, 6.45) is 4.23. The number of rotatable bonds is 7. The first-order valence-corrected chi connectivity index (χ1v) is 5.94. The molecule has 0 aromatic heterocycles. The number of hydrogen-bond acceptors (Lipinski definition) is 5. The van der Waals surface area contributed by atoms with E-state index in [9.17, 15) is 5.11 Å². The Morgan fingerprint density at radius 3 is 2.72 bits per heavy atom. The minimum absolute atomic E-state index is 0.0800. The van der Waals surface area contributed by atoms with Gasteiger partial charge in [0.15, 0.2) is 11.5 Å². The molecule has 0 aliphatic heterocycles. The second-order valence-electron chi connectivity index (χ2n) is 3.83. The van der Waals surface area contributed by atoms with E-state index in [0.29, 0.717) is 17.9 Å². The SMILES string of the molecule is CCCCCOc1c(OC)ccc(/C=N/O)c1O. The molecule has 0 aliphatic rings. The van der Waals surface area contributed by atoms with Crippen molar-refractivity contribution in [2.45, 2.75) is 26.2 Å². The van der Waals surface area contributed by atoms with E-state index in [4.69, 9.17) is 14.7 Å². The van der Waals surface area contributed by atoms with Gasteiger partial charge >= 0.3 is 0 Å². The summed E-state index contributed by atoms with van der Waals surface area (Å²) in [4.78, 5) is 0. The fraction of sp³-hybridized carbons (Fsp3) is 0.462. The highest BCUT2D eigenvalue weighted by atomic mass is 16.5. The number of phenols is 1. The second kappa shape index (κ2) is 7.42. The van der Waals surface area contributed by atoms with E-state index in [0.717, 1.165) is 25.5 Å². The predicted molar refractivity (Wildman–Crippen MR) is 69.1 cm³/mol. The molecule has 0 amide bonds. The van der Waals surface area contributed by atoms with Crippen molar-refractivity contribution in [3.8, 4) is 17.2 Å². The summed E-state index contributed by atoms with van der Waals surface area (Å²) in [5.74, 6) is 0.661. The number of aromatic hydroxyl groups is 1. The highest BCUT2D eigenvalue weighted by Crippen LogP contribution is 2.38. The fourth-order valence-electron chi connectivity index (χ4n) is 1.56. The molecule has 0 heterocycles. The molecule has 1 rings (SSSR count). The van der Waals surface area contributed by atoms with Gasteiger partial charge in [-0.15, -0.1) is 0 Å². The summed E-state index contributed by atoms with van der Waals surface area (Å²) in [7, 11) is 1.51. The normalized spacial score (nSPS) is 10.8. The smallest absolute Gasteiger partial charge is 0.204 e. The minimum atomic E-state index is -0.0800. The number of methoxy groups -OCH3 is 1. The molecule has 18 heavy (non-hydrogen) atoms. The fourth-order valence-corrected chi connectivity index (χ4v) is 1.56. The van der Waals surface area contributed by atoms with E-state index >= 15 is 0 Å². The quantitative estimate of drug-likeness (QED) is 0.339. The lowest BCUT2D eigenvalue weighted by atomic mass is 10.2. The zero-order valence-electron chi connectivity index (χ0n) is 10.7. The van der Waals surface area contributed by atoms with E-state index in [1.807, 2.05) is 0 Å². The number of hydrogen-bond donors (Lipinski definition) is 2. The summed E-state index contributed by atoms with van der Waals surface area (Å²) < 4.78 is 10.7. The summed E-state index contributed by atoms with van der Waals surface area (Å²) in [5.41, 5.74) is 0.379. The average molecular weight is 253 g/mol. The Morgan fingerprint density at radius 1 is 1.33 bits per heavy atom. The average Bonchev–Trinajstić information content (AvgIpc) is 2.38. The van der Waals surface area contributed by atoms with Crippen LogP contribution in [0.3, 0.4) is 0 Å². The van der Waals surface area contributed by atoms with Gasteiger partial charge in [0, 0.05) is 5.56 Å². The number of phenolic OH excluding ortho intramolecular Hbond substituents is 1. The lowest BCUT2D eigenvalue weighted by Crippen LogP contribution is -2.01. The standard InChI is InChI=1S/C13H19NO4/c1-3-4-5-8-18-13-11(17-2)7-6-10(9-14-16)12(13)15/h6-7,9,15-16H,3-5,8H2,1-2H3/b14-9+. The zero-order valence-corrected chi connectivity index (χ0v) is 10.7. The highest BCUT2D eigenvalue weighted by molar-refractivity contribution is 5.85. The first-order chi connectivity index (χ1) is 8.74. The van der Waals surface area contributed by atoms with Gasteiger partial charge in [-0.1, -0.05) is 24.9 Å². The van der Waals surface area contributed by atoms with Crippen molar-refractivity contribution in [2.24, 2.45) is 5.16 Å². The molecule has 2 N–H and O–H groups in total. The topological polar surface area (TPSA) is 71.3 Å². The third kappa shape index (κ3) is 3.55. The van der Waals surface area contributed by atoms with Crippen LogP contribution in [-0.4, -0.2) is 30.2 Å². The van der Waals surface area contributed by atoms with E-state index < -0.39 is 0 Å². The summed E-state index contributed by atoms with van der Waals surface area (Å²) in [6.45, 7) is 2.62. The maximum Gasteiger partial charge on any atom is 0.204 e. The van der Waals surface area contributed by atoms with Crippen LogP contribution < -0.4 is 9.47 Å². The molecular weight excluding hydrogens is 234 g/mol. The van der Waals surface area contributed by atoms with Crippen molar-refractivity contribution in [1.29, 1.82) is 0 Å². The molecule has 1 aromatic carbocycles. The van der Waals surface area contributed by atoms with Crippen LogP contribution in [0.25, 0.3) is 0 Å². The Morgan fingerprint density at radius 2 is 2.11 bits per heavy atom. The van der Waals surface area contributed by atoms with Gasteiger partial charge in [0.05, 0.1) is 19.9 Å². The first-order valence-electron chi connectivity index (χ1n) is 5.94. The van der Waals surface area contributed by atoms with E-state index in [1.54, 1.807) is 12.1 Å².